The third-order valence-corrected chi connectivity index (χ3v) is 3.90. The lowest BCUT2D eigenvalue weighted by Crippen LogP contribution is -2.38. The Balaban J connectivity index is 0.00000450. The summed E-state index contributed by atoms with van der Waals surface area (Å²) in [5, 5.41) is 15.8. The number of halogens is 4. The summed E-state index contributed by atoms with van der Waals surface area (Å²) in [5.41, 5.74) is 1.28. The molecule has 2 rings (SSSR count). The number of hydrogen-bond acceptors (Lipinski definition) is 4. The quantitative estimate of drug-likeness (QED) is 0.266. The van der Waals surface area contributed by atoms with Gasteiger partial charge >= 0.3 is 6.36 Å². The normalized spacial score (nSPS) is 11.4. The van der Waals surface area contributed by atoms with Crippen LogP contribution in [0.2, 0.25) is 0 Å². The number of guanidine groups is 1. The molecule has 0 aliphatic carbocycles. The van der Waals surface area contributed by atoms with Gasteiger partial charge in [-0.25, -0.2) is 4.99 Å². The standard InChI is InChI=1S/C20H24F3N3O3.HI/c1-3-24-19(25-11-10-14-8-9-16(27)18(12-14)28-2)26-13-15-6-4-5-7-17(15)29-20(21,22)23;/h4-9,12,27H,3,10-11,13H2,1-2H3,(H2,24,25,26);1H. The van der Waals surface area contributed by atoms with E-state index < -0.39 is 6.36 Å². The van der Waals surface area contributed by atoms with Gasteiger partial charge in [-0.2, -0.15) is 0 Å². The van der Waals surface area contributed by atoms with E-state index in [1.54, 1.807) is 24.3 Å². The van der Waals surface area contributed by atoms with E-state index >= 15 is 0 Å². The lowest BCUT2D eigenvalue weighted by Gasteiger charge is -2.14. The number of phenolic OH excluding ortho intramolecular Hbond substituents is 1. The zero-order valence-electron chi connectivity index (χ0n) is 16.6. The van der Waals surface area contributed by atoms with Crippen LogP contribution in [-0.2, 0) is 13.0 Å². The first-order valence-electron chi connectivity index (χ1n) is 9.04. The minimum Gasteiger partial charge on any atom is -0.504 e. The van der Waals surface area contributed by atoms with E-state index in [-0.39, 0.29) is 42.0 Å². The highest BCUT2D eigenvalue weighted by molar-refractivity contribution is 14.0. The van der Waals surface area contributed by atoms with Crippen LogP contribution in [-0.4, -0.2) is 37.6 Å². The number of para-hydroxylation sites is 1. The van der Waals surface area contributed by atoms with Gasteiger partial charge in [-0.05, 0) is 37.1 Å². The summed E-state index contributed by atoms with van der Waals surface area (Å²) in [7, 11) is 1.48. The van der Waals surface area contributed by atoms with E-state index in [1.807, 2.05) is 6.92 Å². The topological polar surface area (TPSA) is 75.1 Å². The van der Waals surface area contributed by atoms with E-state index in [1.165, 1.54) is 25.3 Å². The number of rotatable bonds is 8. The number of methoxy groups -OCH3 is 1. The zero-order chi connectivity index (χ0) is 21.3. The highest BCUT2D eigenvalue weighted by atomic mass is 127. The van der Waals surface area contributed by atoms with Crippen LogP contribution in [0.4, 0.5) is 13.2 Å². The molecule has 0 atom stereocenters. The van der Waals surface area contributed by atoms with Crippen molar-refractivity contribution >= 4 is 29.9 Å². The fourth-order valence-electron chi connectivity index (χ4n) is 2.57. The smallest absolute Gasteiger partial charge is 0.504 e. The first kappa shape index (κ1) is 25.7. The van der Waals surface area contributed by atoms with Gasteiger partial charge < -0.3 is 25.2 Å². The van der Waals surface area contributed by atoms with Crippen molar-refractivity contribution < 1.29 is 27.8 Å². The van der Waals surface area contributed by atoms with Gasteiger partial charge in [-0.1, -0.05) is 24.3 Å². The monoisotopic (exact) mass is 539 g/mol. The Hall–Kier alpha value is -2.37. The number of ether oxygens (including phenoxy) is 2. The van der Waals surface area contributed by atoms with Crippen LogP contribution in [0.5, 0.6) is 17.2 Å². The fourth-order valence-corrected chi connectivity index (χ4v) is 2.57. The van der Waals surface area contributed by atoms with E-state index in [4.69, 9.17) is 4.74 Å². The number of aliphatic imine (C=N–C) groups is 1. The van der Waals surface area contributed by atoms with Crippen LogP contribution in [0.3, 0.4) is 0 Å². The second-order valence-electron chi connectivity index (χ2n) is 6.03. The van der Waals surface area contributed by atoms with Crippen molar-refractivity contribution in [3.05, 3.63) is 53.6 Å². The van der Waals surface area contributed by atoms with Crippen molar-refractivity contribution in [3.63, 3.8) is 0 Å². The molecule has 6 nitrogen and oxygen atoms in total. The van der Waals surface area contributed by atoms with Gasteiger partial charge in [0.15, 0.2) is 17.5 Å². The lowest BCUT2D eigenvalue weighted by atomic mass is 10.1. The van der Waals surface area contributed by atoms with Crippen molar-refractivity contribution in [1.82, 2.24) is 10.6 Å². The molecule has 2 aromatic rings. The molecule has 0 unspecified atom stereocenters. The van der Waals surface area contributed by atoms with Gasteiger partial charge in [-0.3, -0.25) is 0 Å². The van der Waals surface area contributed by atoms with Gasteiger partial charge in [0.05, 0.1) is 13.7 Å². The van der Waals surface area contributed by atoms with E-state index in [0.717, 1.165) is 5.56 Å². The first-order chi connectivity index (χ1) is 13.8. The molecule has 0 radical (unpaired) electrons. The van der Waals surface area contributed by atoms with Crippen molar-refractivity contribution in [3.8, 4) is 17.2 Å². The number of phenols is 1. The molecule has 166 valence electrons. The zero-order valence-corrected chi connectivity index (χ0v) is 19.0. The summed E-state index contributed by atoms with van der Waals surface area (Å²) in [6.07, 6.45) is -4.12. The minimum absolute atomic E-state index is 0. The molecule has 3 N–H and O–H groups in total. The molecule has 0 fully saturated rings. The molecule has 0 aliphatic heterocycles. The Morgan fingerprint density at radius 2 is 1.83 bits per heavy atom. The molecule has 30 heavy (non-hydrogen) atoms. The predicted molar refractivity (Wildman–Crippen MR) is 120 cm³/mol. The molecule has 0 aliphatic rings. The van der Waals surface area contributed by atoms with Crippen molar-refractivity contribution in [1.29, 1.82) is 0 Å². The van der Waals surface area contributed by atoms with Gasteiger partial charge in [0.25, 0.3) is 0 Å². The van der Waals surface area contributed by atoms with Crippen LogP contribution in [0.1, 0.15) is 18.1 Å². The Kier molecular flexibility index (Phi) is 10.6. The van der Waals surface area contributed by atoms with Crippen molar-refractivity contribution in [2.45, 2.75) is 26.3 Å². The number of benzene rings is 2. The number of alkyl halides is 3. The Bertz CT molecular complexity index is 832. The molecule has 0 saturated heterocycles. The third-order valence-electron chi connectivity index (χ3n) is 3.90. The molecule has 0 heterocycles. The van der Waals surface area contributed by atoms with Gasteiger partial charge in [0.1, 0.15) is 5.75 Å². The number of aromatic hydroxyl groups is 1. The molecule has 0 bridgehead atoms. The summed E-state index contributed by atoms with van der Waals surface area (Å²) in [4.78, 5) is 4.34. The third kappa shape index (κ3) is 8.56. The first-order valence-corrected chi connectivity index (χ1v) is 9.04. The number of hydrogen-bond donors (Lipinski definition) is 3. The van der Waals surface area contributed by atoms with Crippen molar-refractivity contribution in [2.75, 3.05) is 20.2 Å². The number of nitrogens with zero attached hydrogens (tertiary/aromatic N) is 1. The highest BCUT2D eigenvalue weighted by Crippen LogP contribution is 2.27. The second-order valence-corrected chi connectivity index (χ2v) is 6.03. The van der Waals surface area contributed by atoms with Crippen molar-refractivity contribution in [2.24, 2.45) is 4.99 Å². The predicted octanol–water partition coefficient (Wildman–Crippen LogP) is 4.22. The van der Waals surface area contributed by atoms with Gasteiger partial charge in [0, 0.05) is 18.7 Å². The highest BCUT2D eigenvalue weighted by Gasteiger charge is 2.31. The molecular weight excluding hydrogens is 514 g/mol. The minimum atomic E-state index is -4.76. The molecule has 2 aromatic carbocycles. The van der Waals surface area contributed by atoms with Crippen LogP contribution in [0, 0.1) is 0 Å². The Labute approximate surface area is 190 Å². The maximum atomic E-state index is 12.5. The van der Waals surface area contributed by atoms with Crippen LogP contribution in [0.15, 0.2) is 47.5 Å². The maximum absolute atomic E-state index is 12.5. The van der Waals surface area contributed by atoms with Crippen LogP contribution in [0.25, 0.3) is 0 Å². The SMILES string of the molecule is CCNC(=NCc1ccccc1OC(F)(F)F)NCCc1ccc(O)c(OC)c1.I. The lowest BCUT2D eigenvalue weighted by molar-refractivity contribution is -0.274. The maximum Gasteiger partial charge on any atom is 0.573 e. The van der Waals surface area contributed by atoms with E-state index in [0.29, 0.717) is 36.8 Å². The summed E-state index contributed by atoms with van der Waals surface area (Å²) >= 11 is 0. The fraction of sp³-hybridized carbons (Fsp3) is 0.350. The number of nitrogens with one attached hydrogen (secondary N) is 2. The Morgan fingerprint density at radius 3 is 2.50 bits per heavy atom. The average molecular weight is 539 g/mol. The molecule has 10 heteroatoms. The van der Waals surface area contributed by atoms with E-state index in [9.17, 15) is 18.3 Å². The summed E-state index contributed by atoms with van der Waals surface area (Å²) in [6, 6.07) is 11.0. The molecule has 0 saturated carbocycles. The molecule has 0 aromatic heterocycles. The summed E-state index contributed by atoms with van der Waals surface area (Å²) in [6.45, 7) is 3.04. The Morgan fingerprint density at radius 1 is 1.10 bits per heavy atom. The van der Waals surface area contributed by atoms with Gasteiger partial charge in [0.2, 0.25) is 0 Å². The van der Waals surface area contributed by atoms with Crippen LogP contribution >= 0.6 is 24.0 Å². The largest absolute Gasteiger partial charge is 0.573 e. The van der Waals surface area contributed by atoms with Gasteiger partial charge in [-0.15, -0.1) is 37.1 Å². The average Bonchev–Trinajstić information content (AvgIpc) is 2.67. The summed E-state index contributed by atoms with van der Waals surface area (Å²) < 4.78 is 46.8. The molecular formula is C20H25F3IN3O3. The summed E-state index contributed by atoms with van der Waals surface area (Å²) in [5.74, 6) is 0.666. The van der Waals surface area contributed by atoms with Crippen LogP contribution < -0.4 is 20.1 Å². The van der Waals surface area contributed by atoms with E-state index in [2.05, 4.69) is 20.4 Å². The molecule has 0 spiro atoms. The second kappa shape index (κ2) is 12.4. The molecule has 0 amide bonds.